The molecule has 0 amide bonds. The van der Waals surface area contributed by atoms with Gasteiger partial charge in [0.2, 0.25) is 0 Å². The molecule has 6 heteroatoms. The molecular formula is C20H34N4O2. The molecule has 1 aromatic rings. The zero-order chi connectivity index (χ0) is 18.9. The first-order valence-corrected chi connectivity index (χ1v) is 9.64. The molecule has 1 fully saturated rings. The van der Waals surface area contributed by atoms with Crippen molar-refractivity contribution < 1.29 is 9.84 Å². The fraction of sp³-hybridized carbons (Fsp3) is 0.650. The molecule has 1 heterocycles. The minimum absolute atomic E-state index is 0.149. The molecule has 26 heavy (non-hydrogen) atoms. The smallest absolute Gasteiger partial charge is 0.191 e. The van der Waals surface area contributed by atoms with Gasteiger partial charge < -0.3 is 25.4 Å². The highest BCUT2D eigenvalue weighted by Crippen LogP contribution is 2.26. The highest BCUT2D eigenvalue weighted by molar-refractivity contribution is 5.80. The third kappa shape index (κ3) is 6.41. The van der Waals surface area contributed by atoms with Crippen molar-refractivity contribution in [1.82, 2.24) is 15.5 Å². The lowest BCUT2D eigenvalue weighted by Crippen LogP contribution is -2.49. The summed E-state index contributed by atoms with van der Waals surface area (Å²) in [5.41, 5.74) is 0.951. The zero-order valence-corrected chi connectivity index (χ0v) is 16.6. The number of guanidine groups is 1. The van der Waals surface area contributed by atoms with E-state index < -0.39 is 0 Å². The standard InChI is InChI=1S/C20H34N4O2/c1-5-21-20(22-13-16-6-7-19(26-4)18(25)12-16)23-17-8-10-24(11-9-17)14-15(2)3/h6-7,12,15,17,25H,5,8-11,13-14H2,1-4H3,(H2,21,22,23). The summed E-state index contributed by atoms with van der Waals surface area (Å²) in [4.78, 5) is 7.22. The van der Waals surface area contributed by atoms with Crippen LogP contribution in [0.1, 0.15) is 39.2 Å². The van der Waals surface area contributed by atoms with Crippen molar-refractivity contribution in [3.63, 3.8) is 0 Å². The van der Waals surface area contributed by atoms with Crippen molar-refractivity contribution in [3.05, 3.63) is 23.8 Å². The Morgan fingerprint density at radius 2 is 2.08 bits per heavy atom. The van der Waals surface area contributed by atoms with Gasteiger partial charge in [-0.05, 0) is 43.4 Å². The van der Waals surface area contributed by atoms with Crippen LogP contribution in [0.15, 0.2) is 23.2 Å². The first-order chi connectivity index (χ1) is 12.5. The van der Waals surface area contributed by atoms with E-state index in [-0.39, 0.29) is 5.75 Å². The molecule has 0 spiro atoms. The monoisotopic (exact) mass is 362 g/mol. The molecule has 0 saturated carbocycles. The van der Waals surface area contributed by atoms with E-state index in [0.29, 0.717) is 18.3 Å². The number of phenols is 1. The molecule has 1 aliphatic heterocycles. The maximum absolute atomic E-state index is 9.90. The Morgan fingerprint density at radius 1 is 1.35 bits per heavy atom. The first-order valence-electron chi connectivity index (χ1n) is 9.64. The molecule has 146 valence electrons. The summed E-state index contributed by atoms with van der Waals surface area (Å²) in [7, 11) is 1.55. The van der Waals surface area contributed by atoms with Gasteiger partial charge in [-0.2, -0.15) is 0 Å². The molecule has 0 aliphatic carbocycles. The minimum atomic E-state index is 0.149. The molecule has 0 bridgehead atoms. The van der Waals surface area contributed by atoms with Crippen molar-refractivity contribution >= 4 is 5.96 Å². The van der Waals surface area contributed by atoms with Crippen molar-refractivity contribution in [3.8, 4) is 11.5 Å². The number of rotatable bonds is 7. The summed E-state index contributed by atoms with van der Waals surface area (Å²) in [5.74, 6) is 2.19. The molecule has 0 unspecified atom stereocenters. The summed E-state index contributed by atoms with van der Waals surface area (Å²) < 4.78 is 5.08. The molecule has 0 atom stereocenters. The fourth-order valence-corrected chi connectivity index (χ4v) is 3.29. The van der Waals surface area contributed by atoms with E-state index in [4.69, 9.17) is 4.74 Å². The lowest BCUT2D eigenvalue weighted by Gasteiger charge is -2.34. The highest BCUT2D eigenvalue weighted by atomic mass is 16.5. The number of nitrogens with one attached hydrogen (secondary N) is 2. The summed E-state index contributed by atoms with van der Waals surface area (Å²) in [6.45, 7) is 11.4. The summed E-state index contributed by atoms with van der Waals surface area (Å²) >= 11 is 0. The number of benzene rings is 1. The number of phenolic OH excluding ortho intramolecular Hbond substituents is 1. The van der Waals surface area contributed by atoms with Gasteiger partial charge in [0.25, 0.3) is 0 Å². The Bertz CT molecular complexity index is 581. The molecule has 6 nitrogen and oxygen atoms in total. The van der Waals surface area contributed by atoms with Gasteiger partial charge in [0, 0.05) is 32.2 Å². The molecule has 0 radical (unpaired) electrons. The largest absolute Gasteiger partial charge is 0.504 e. The van der Waals surface area contributed by atoms with Crippen LogP contribution in [0, 0.1) is 5.92 Å². The van der Waals surface area contributed by atoms with E-state index >= 15 is 0 Å². The van der Waals surface area contributed by atoms with Crippen LogP contribution in [0.3, 0.4) is 0 Å². The highest BCUT2D eigenvalue weighted by Gasteiger charge is 2.20. The van der Waals surface area contributed by atoms with Crippen molar-refractivity contribution in [2.24, 2.45) is 10.9 Å². The quantitative estimate of drug-likeness (QED) is 0.514. The number of piperidine rings is 1. The Hall–Kier alpha value is -1.95. The molecule has 3 N–H and O–H groups in total. The van der Waals surface area contributed by atoms with Crippen molar-refractivity contribution in [2.45, 2.75) is 46.2 Å². The topological polar surface area (TPSA) is 69.1 Å². The summed E-state index contributed by atoms with van der Waals surface area (Å²) in [6, 6.07) is 5.86. The average Bonchev–Trinajstić information content (AvgIpc) is 2.61. The van der Waals surface area contributed by atoms with Gasteiger partial charge in [-0.25, -0.2) is 4.99 Å². The number of aliphatic imine (C=N–C) groups is 1. The maximum Gasteiger partial charge on any atom is 0.191 e. The lowest BCUT2D eigenvalue weighted by molar-refractivity contribution is 0.187. The van der Waals surface area contributed by atoms with Gasteiger partial charge in [-0.1, -0.05) is 19.9 Å². The summed E-state index contributed by atoms with van der Waals surface area (Å²) in [5, 5.41) is 16.8. The van der Waals surface area contributed by atoms with Gasteiger partial charge >= 0.3 is 0 Å². The van der Waals surface area contributed by atoms with Gasteiger partial charge in [-0.15, -0.1) is 0 Å². The second-order valence-corrected chi connectivity index (χ2v) is 7.31. The number of methoxy groups -OCH3 is 1. The number of likely N-dealkylation sites (tertiary alicyclic amines) is 1. The molecule has 2 rings (SSSR count). The number of ether oxygens (including phenoxy) is 1. The van der Waals surface area contributed by atoms with Crippen LogP contribution in [0.5, 0.6) is 11.5 Å². The second kappa shape index (κ2) is 10.3. The molecule has 1 aromatic carbocycles. The van der Waals surface area contributed by atoms with Gasteiger partial charge in [0.1, 0.15) is 0 Å². The van der Waals surface area contributed by atoms with E-state index in [9.17, 15) is 5.11 Å². The van der Waals surface area contributed by atoms with Crippen LogP contribution >= 0.6 is 0 Å². The molecule has 1 aliphatic rings. The van der Waals surface area contributed by atoms with Crippen LogP contribution in [-0.2, 0) is 6.54 Å². The third-order valence-corrected chi connectivity index (χ3v) is 4.56. The summed E-state index contributed by atoms with van der Waals surface area (Å²) in [6.07, 6.45) is 2.28. The molecule has 1 saturated heterocycles. The third-order valence-electron chi connectivity index (χ3n) is 4.56. The zero-order valence-electron chi connectivity index (χ0n) is 16.6. The Labute approximate surface area is 157 Å². The Balaban J connectivity index is 1.90. The van der Waals surface area contributed by atoms with Crippen LogP contribution in [-0.4, -0.2) is 55.3 Å². The first kappa shape index (κ1) is 20.4. The van der Waals surface area contributed by atoms with Crippen molar-refractivity contribution in [1.29, 1.82) is 0 Å². The molecular weight excluding hydrogens is 328 g/mol. The van der Waals surface area contributed by atoms with E-state index in [2.05, 4.69) is 41.3 Å². The SMILES string of the molecule is CCNC(=NCc1ccc(OC)c(O)c1)NC1CCN(CC(C)C)CC1. The van der Waals surface area contributed by atoms with Gasteiger partial charge in [-0.3, -0.25) is 0 Å². The van der Waals surface area contributed by atoms with Gasteiger partial charge in [0.15, 0.2) is 17.5 Å². The average molecular weight is 363 g/mol. The van der Waals surface area contributed by atoms with Crippen LogP contribution in [0.25, 0.3) is 0 Å². The number of nitrogens with zero attached hydrogens (tertiary/aromatic N) is 2. The fourth-order valence-electron chi connectivity index (χ4n) is 3.29. The normalized spacial score (nSPS) is 16.7. The lowest BCUT2D eigenvalue weighted by atomic mass is 10.0. The van der Waals surface area contributed by atoms with Crippen LogP contribution in [0.2, 0.25) is 0 Å². The Kier molecular flexibility index (Phi) is 8.04. The van der Waals surface area contributed by atoms with Crippen molar-refractivity contribution in [2.75, 3.05) is 33.3 Å². The maximum atomic E-state index is 9.90. The number of hydrogen-bond acceptors (Lipinski definition) is 4. The van der Waals surface area contributed by atoms with Crippen LogP contribution in [0.4, 0.5) is 0 Å². The Morgan fingerprint density at radius 3 is 2.65 bits per heavy atom. The number of aromatic hydroxyl groups is 1. The second-order valence-electron chi connectivity index (χ2n) is 7.31. The van der Waals surface area contributed by atoms with E-state index in [1.54, 1.807) is 19.2 Å². The van der Waals surface area contributed by atoms with Gasteiger partial charge in [0.05, 0.1) is 13.7 Å². The van der Waals surface area contributed by atoms with Crippen LogP contribution < -0.4 is 15.4 Å². The predicted octanol–water partition coefficient (Wildman–Crippen LogP) is 2.58. The van der Waals surface area contributed by atoms with E-state index in [1.807, 2.05) is 6.07 Å². The predicted molar refractivity (Wildman–Crippen MR) is 107 cm³/mol. The minimum Gasteiger partial charge on any atom is -0.504 e. The molecule has 0 aromatic heterocycles. The van der Waals surface area contributed by atoms with E-state index in [0.717, 1.165) is 49.9 Å². The number of hydrogen-bond donors (Lipinski definition) is 3. The van der Waals surface area contributed by atoms with E-state index in [1.165, 1.54) is 6.54 Å².